The quantitative estimate of drug-likeness (QED) is 0.725. The molecule has 0 aromatic heterocycles. The van der Waals surface area contributed by atoms with Gasteiger partial charge in [0.25, 0.3) is 0 Å². The Morgan fingerprint density at radius 1 is 1.29 bits per heavy atom. The Labute approximate surface area is 86.5 Å². The maximum atomic E-state index is 3.44. The first-order valence-electron chi connectivity index (χ1n) is 5.32. The minimum absolute atomic E-state index is 0.277. The highest BCUT2D eigenvalue weighted by Crippen LogP contribution is 2.35. The number of benzene rings is 1. The van der Waals surface area contributed by atoms with Gasteiger partial charge >= 0.3 is 0 Å². The van der Waals surface area contributed by atoms with Crippen LogP contribution in [0.25, 0.3) is 0 Å². The minimum atomic E-state index is 0.277. The lowest BCUT2D eigenvalue weighted by Gasteiger charge is -2.28. The molecule has 0 amide bonds. The van der Waals surface area contributed by atoms with Crippen molar-refractivity contribution >= 4 is 0 Å². The summed E-state index contributed by atoms with van der Waals surface area (Å²) in [6.45, 7) is 8.13. The van der Waals surface area contributed by atoms with Crippen molar-refractivity contribution in [2.45, 2.75) is 38.1 Å². The Hall–Kier alpha value is -0.820. The topological polar surface area (TPSA) is 21.9 Å². The molecule has 2 rings (SSSR count). The fraction of sp³-hybridized carbons (Fsp3) is 0.538. The Bertz CT molecular complexity index is 309. The molecule has 1 heterocycles. The Morgan fingerprint density at radius 2 is 1.86 bits per heavy atom. The smallest absolute Gasteiger partial charge is 0.0287 e. The minimum Gasteiger partial charge on any atom is -0.308 e. The summed E-state index contributed by atoms with van der Waals surface area (Å²) in [5, 5.41) is 3.44. The standard InChI is InChI=1S/C13H19N/c1-12(2,9-13(3)10-14-13)11-7-5-4-6-8-11/h4-8,14H,9-10H2,1-3H3. The normalized spacial score (nSPS) is 26.2. The van der Waals surface area contributed by atoms with Gasteiger partial charge in [0.1, 0.15) is 0 Å². The van der Waals surface area contributed by atoms with Gasteiger partial charge in [-0.25, -0.2) is 0 Å². The number of hydrogen-bond donors (Lipinski definition) is 1. The zero-order valence-corrected chi connectivity index (χ0v) is 9.30. The van der Waals surface area contributed by atoms with Gasteiger partial charge in [-0.1, -0.05) is 44.2 Å². The van der Waals surface area contributed by atoms with E-state index in [-0.39, 0.29) is 5.41 Å². The van der Waals surface area contributed by atoms with Crippen molar-refractivity contribution < 1.29 is 0 Å². The molecule has 14 heavy (non-hydrogen) atoms. The van der Waals surface area contributed by atoms with Crippen LogP contribution in [0.4, 0.5) is 0 Å². The molecular formula is C13H19N. The number of hydrogen-bond acceptors (Lipinski definition) is 1. The van der Waals surface area contributed by atoms with Crippen molar-refractivity contribution in [3.05, 3.63) is 35.9 Å². The molecule has 1 heteroatoms. The van der Waals surface area contributed by atoms with Gasteiger partial charge in [0.2, 0.25) is 0 Å². The summed E-state index contributed by atoms with van der Waals surface area (Å²) in [6, 6.07) is 10.8. The molecule has 1 unspecified atom stereocenters. The van der Waals surface area contributed by atoms with Gasteiger partial charge < -0.3 is 5.32 Å². The van der Waals surface area contributed by atoms with E-state index in [0.29, 0.717) is 5.54 Å². The van der Waals surface area contributed by atoms with Crippen molar-refractivity contribution in [3.8, 4) is 0 Å². The van der Waals surface area contributed by atoms with Crippen molar-refractivity contribution in [1.29, 1.82) is 0 Å². The van der Waals surface area contributed by atoms with E-state index in [0.717, 1.165) is 0 Å². The van der Waals surface area contributed by atoms with Crippen LogP contribution in [0.2, 0.25) is 0 Å². The summed E-state index contributed by atoms with van der Waals surface area (Å²) >= 11 is 0. The molecular weight excluding hydrogens is 170 g/mol. The van der Waals surface area contributed by atoms with E-state index in [2.05, 4.69) is 56.4 Å². The molecule has 1 atom stereocenters. The molecule has 1 aliphatic rings. The second-order valence-corrected chi connectivity index (χ2v) is 5.34. The molecule has 0 spiro atoms. The highest BCUT2D eigenvalue weighted by Gasteiger charge is 2.41. The lowest BCUT2D eigenvalue weighted by molar-refractivity contribution is 0.418. The van der Waals surface area contributed by atoms with Crippen LogP contribution in [0.3, 0.4) is 0 Å². The molecule has 1 aliphatic heterocycles. The third-order valence-corrected chi connectivity index (χ3v) is 3.17. The first-order valence-corrected chi connectivity index (χ1v) is 5.32. The van der Waals surface area contributed by atoms with Gasteiger partial charge in [0.05, 0.1) is 0 Å². The van der Waals surface area contributed by atoms with Crippen molar-refractivity contribution in [1.82, 2.24) is 5.32 Å². The molecule has 0 aliphatic carbocycles. The summed E-state index contributed by atoms with van der Waals surface area (Å²) in [4.78, 5) is 0. The van der Waals surface area contributed by atoms with Gasteiger partial charge in [-0.2, -0.15) is 0 Å². The van der Waals surface area contributed by atoms with Crippen molar-refractivity contribution in [3.63, 3.8) is 0 Å². The van der Waals surface area contributed by atoms with Crippen LogP contribution in [0.15, 0.2) is 30.3 Å². The predicted octanol–water partition coefficient (Wildman–Crippen LogP) is 2.72. The van der Waals surface area contributed by atoms with Crippen LogP contribution in [0, 0.1) is 0 Å². The molecule has 1 aromatic carbocycles. The molecule has 1 nitrogen and oxygen atoms in total. The first-order chi connectivity index (χ1) is 6.52. The van der Waals surface area contributed by atoms with E-state index in [9.17, 15) is 0 Å². The average molecular weight is 189 g/mol. The van der Waals surface area contributed by atoms with Crippen LogP contribution in [-0.4, -0.2) is 12.1 Å². The second kappa shape index (κ2) is 3.09. The van der Waals surface area contributed by atoms with Gasteiger partial charge in [-0.05, 0) is 24.3 Å². The Kier molecular flexibility index (Phi) is 2.15. The monoisotopic (exact) mass is 189 g/mol. The summed E-state index contributed by atoms with van der Waals surface area (Å²) in [5.41, 5.74) is 2.11. The highest BCUT2D eigenvalue weighted by molar-refractivity contribution is 5.25. The van der Waals surface area contributed by atoms with Crippen LogP contribution in [-0.2, 0) is 5.41 Å². The molecule has 0 radical (unpaired) electrons. The molecule has 1 saturated heterocycles. The molecule has 0 bridgehead atoms. The van der Waals surface area contributed by atoms with Crippen LogP contribution in [0.1, 0.15) is 32.8 Å². The lowest BCUT2D eigenvalue weighted by Crippen LogP contribution is -2.26. The molecule has 76 valence electrons. The molecule has 1 fully saturated rings. The van der Waals surface area contributed by atoms with Crippen LogP contribution < -0.4 is 5.32 Å². The van der Waals surface area contributed by atoms with E-state index in [4.69, 9.17) is 0 Å². The Balaban J connectivity index is 2.15. The van der Waals surface area contributed by atoms with Crippen molar-refractivity contribution in [2.75, 3.05) is 6.54 Å². The first kappa shape index (κ1) is 9.72. The van der Waals surface area contributed by atoms with Crippen LogP contribution in [0.5, 0.6) is 0 Å². The zero-order valence-electron chi connectivity index (χ0n) is 9.30. The third kappa shape index (κ3) is 1.98. The summed E-state index contributed by atoms with van der Waals surface area (Å²) < 4.78 is 0. The summed E-state index contributed by atoms with van der Waals surface area (Å²) in [7, 11) is 0. The predicted molar refractivity (Wildman–Crippen MR) is 60.5 cm³/mol. The van der Waals surface area contributed by atoms with Gasteiger partial charge in [0.15, 0.2) is 0 Å². The van der Waals surface area contributed by atoms with E-state index in [1.165, 1.54) is 18.5 Å². The molecule has 1 N–H and O–H groups in total. The lowest BCUT2D eigenvalue weighted by atomic mass is 9.77. The maximum absolute atomic E-state index is 3.44. The molecule has 1 aromatic rings. The SMILES string of the molecule is CC1(CC(C)(C)c2ccccc2)CN1. The molecule has 0 saturated carbocycles. The van der Waals surface area contributed by atoms with Crippen molar-refractivity contribution in [2.24, 2.45) is 0 Å². The second-order valence-electron chi connectivity index (χ2n) is 5.34. The van der Waals surface area contributed by atoms with Gasteiger partial charge in [-0.15, -0.1) is 0 Å². The van der Waals surface area contributed by atoms with Gasteiger partial charge in [0, 0.05) is 12.1 Å². The fourth-order valence-electron chi connectivity index (χ4n) is 2.24. The van der Waals surface area contributed by atoms with E-state index in [1.807, 2.05) is 0 Å². The summed E-state index contributed by atoms with van der Waals surface area (Å²) in [5.74, 6) is 0. The highest BCUT2D eigenvalue weighted by atomic mass is 15.1. The summed E-state index contributed by atoms with van der Waals surface area (Å²) in [6.07, 6.45) is 1.21. The van der Waals surface area contributed by atoms with E-state index in [1.54, 1.807) is 0 Å². The average Bonchev–Trinajstić information content (AvgIpc) is 2.84. The largest absolute Gasteiger partial charge is 0.308 e. The fourth-order valence-corrected chi connectivity index (χ4v) is 2.24. The third-order valence-electron chi connectivity index (χ3n) is 3.17. The van der Waals surface area contributed by atoms with Crippen LogP contribution >= 0.6 is 0 Å². The van der Waals surface area contributed by atoms with E-state index >= 15 is 0 Å². The maximum Gasteiger partial charge on any atom is 0.0287 e. The van der Waals surface area contributed by atoms with E-state index < -0.39 is 0 Å². The van der Waals surface area contributed by atoms with Gasteiger partial charge in [-0.3, -0.25) is 0 Å². The zero-order chi connectivity index (χ0) is 10.2. The number of nitrogens with one attached hydrogen (secondary N) is 1. The Morgan fingerprint density at radius 3 is 2.36 bits per heavy atom. The number of rotatable bonds is 3.